The van der Waals surface area contributed by atoms with Gasteiger partial charge in [0, 0.05) is 34.2 Å². The number of hydrogen-bond acceptors (Lipinski definition) is 7. The Balaban J connectivity index is 1.58. The first-order chi connectivity index (χ1) is 13.4. The molecule has 5 atom stereocenters. The normalized spacial score (nSPS) is 30.8. The Hall–Kier alpha value is -2.36. The number of benzene rings is 1. The van der Waals surface area contributed by atoms with Gasteiger partial charge in [0.15, 0.2) is 20.8 Å². The number of hydrogen-bond donors (Lipinski definition) is 3. The second kappa shape index (κ2) is 6.07. The topological polar surface area (TPSA) is 120 Å². The maximum absolute atomic E-state index is 13.5. The van der Waals surface area contributed by atoms with Gasteiger partial charge in [-0.2, -0.15) is 5.26 Å². The number of aliphatic hydroxyl groups excluding tert-OH is 2. The van der Waals surface area contributed by atoms with E-state index in [0.717, 1.165) is 0 Å². The monoisotopic (exact) mass is 492 g/mol. The number of nitrogens with zero attached hydrogens (tertiary/aromatic N) is 5. The van der Waals surface area contributed by atoms with Gasteiger partial charge in [0.25, 0.3) is 0 Å². The first-order valence-electron chi connectivity index (χ1n) is 8.64. The van der Waals surface area contributed by atoms with Gasteiger partial charge >= 0.3 is 0 Å². The van der Waals surface area contributed by atoms with E-state index in [1.54, 1.807) is 23.0 Å². The predicted molar refractivity (Wildman–Crippen MR) is 105 cm³/mol. The molecule has 3 N–H and O–H groups in total. The lowest BCUT2D eigenvalue weighted by Gasteiger charge is -2.22. The smallest absolute Gasteiger partial charge is 0.194 e. The standard InChI is InChI=1S/C18H14FIN6O2/c19-8-2-1-3-9(4-8)23-15-11-16(25-17(20)24-15)26(7-22-11)12-10-5-18(10,6-21)14(28)13(12)27/h1-4,7,10,12-14,27-28H,5H2,(H,23,24,25)/t10-,12-,13+,14+,18+/m1/s1. The minimum Gasteiger partial charge on any atom is -0.389 e. The molecule has 0 spiro atoms. The summed E-state index contributed by atoms with van der Waals surface area (Å²) in [5, 5.41) is 33.4. The minimum atomic E-state index is -1.10. The van der Waals surface area contributed by atoms with Gasteiger partial charge in [-0.15, -0.1) is 0 Å². The molecule has 0 saturated heterocycles. The first kappa shape index (κ1) is 17.7. The van der Waals surface area contributed by atoms with Gasteiger partial charge in [-0.05, 0) is 24.6 Å². The Morgan fingerprint density at radius 2 is 2.18 bits per heavy atom. The van der Waals surface area contributed by atoms with Gasteiger partial charge in [0.1, 0.15) is 18.0 Å². The summed E-state index contributed by atoms with van der Waals surface area (Å²) in [5.74, 6) is -0.124. The molecule has 2 fully saturated rings. The van der Waals surface area contributed by atoms with Crippen LogP contribution in [0.4, 0.5) is 15.9 Å². The van der Waals surface area contributed by atoms with Gasteiger partial charge in [0.05, 0.1) is 23.9 Å². The molecule has 0 bridgehead atoms. The van der Waals surface area contributed by atoms with E-state index in [2.05, 4.69) is 26.3 Å². The third-order valence-corrected chi connectivity index (χ3v) is 6.17. The molecule has 28 heavy (non-hydrogen) atoms. The maximum atomic E-state index is 13.5. The zero-order chi connectivity index (χ0) is 19.6. The summed E-state index contributed by atoms with van der Waals surface area (Å²) >= 11 is 1.97. The third kappa shape index (κ3) is 2.43. The summed E-state index contributed by atoms with van der Waals surface area (Å²) in [7, 11) is 0. The highest BCUT2D eigenvalue weighted by atomic mass is 127. The van der Waals surface area contributed by atoms with E-state index in [9.17, 15) is 19.9 Å². The highest BCUT2D eigenvalue weighted by Crippen LogP contribution is 2.67. The van der Waals surface area contributed by atoms with Crippen LogP contribution < -0.4 is 5.32 Å². The zero-order valence-electron chi connectivity index (χ0n) is 14.3. The van der Waals surface area contributed by atoms with Crippen LogP contribution in [-0.2, 0) is 0 Å². The SMILES string of the molecule is N#C[C@@]12C[C@@H]1[C@@H](n1cnc3c(Nc4cccc(F)c4)nc(I)nc31)[C@H](O)[C@@H]2O. The zero-order valence-corrected chi connectivity index (χ0v) is 16.4. The van der Waals surface area contributed by atoms with E-state index in [1.165, 1.54) is 12.1 Å². The van der Waals surface area contributed by atoms with Gasteiger partial charge in [-0.1, -0.05) is 6.07 Å². The van der Waals surface area contributed by atoms with Crippen molar-refractivity contribution in [2.45, 2.75) is 24.7 Å². The fourth-order valence-corrected chi connectivity index (χ4v) is 4.72. The number of rotatable bonds is 3. The number of nitrogens with one attached hydrogen (secondary N) is 1. The Morgan fingerprint density at radius 1 is 1.36 bits per heavy atom. The number of anilines is 2. The summed E-state index contributed by atoms with van der Waals surface area (Å²) in [6.45, 7) is 0. The van der Waals surface area contributed by atoms with Gasteiger partial charge in [-0.25, -0.2) is 19.3 Å². The van der Waals surface area contributed by atoms with Crippen LogP contribution >= 0.6 is 22.6 Å². The van der Waals surface area contributed by atoms with Crippen molar-refractivity contribution < 1.29 is 14.6 Å². The Kier molecular flexibility index (Phi) is 3.84. The largest absolute Gasteiger partial charge is 0.389 e. The lowest BCUT2D eigenvalue weighted by atomic mass is 10.0. The van der Waals surface area contributed by atoms with Crippen LogP contribution in [-0.4, -0.2) is 41.9 Å². The molecule has 2 heterocycles. The molecule has 142 valence electrons. The van der Waals surface area contributed by atoms with E-state index >= 15 is 0 Å². The number of imidazole rings is 1. The lowest BCUT2D eigenvalue weighted by molar-refractivity contribution is -0.00676. The second-order valence-corrected chi connectivity index (χ2v) is 8.15. The summed E-state index contributed by atoms with van der Waals surface area (Å²) in [4.78, 5) is 13.2. The first-order valence-corrected chi connectivity index (χ1v) is 9.72. The van der Waals surface area contributed by atoms with Crippen LogP contribution in [0.1, 0.15) is 12.5 Å². The Morgan fingerprint density at radius 3 is 2.89 bits per heavy atom. The number of fused-ring (bicyclic) bond motifs is 2. The van der Waals surface area contributed by atoms with Gasteiger partial charge in [0.2, 0.25) is 0 Å². The highest BCUT2D eigenvalue weighted by Gasteiger charge is 2.72. The summed E-state index contributed by atoms with van der Waals surface area (Å²) in [6.07, 6.45) is -0.111. The van der Waals surface area contributed by atoms with Crippen molar-refractivity contribution in [1.82, 2.24) is 19.5 Å². The van der Waals surface area contributed by atoms with Gasteiger partial charge in [-0.3, -0.25) is 0 Å². The average Bonchev–Trinajstić information content (AvgIpc) is 3.18. The van der Waals surface area contributed by atoms with Crippen molar-refractivity contribution in [3.05, 3.63) is 40.2 Å². The quantitative estimate of drug-likeness (QED) is 0.379. The van der Waals surface area contributed by atoms with Gasteiger partial charge < -0.3 is 20.1 Å². The minimum absolute atomic E-state index is 0.160. The molecular weight excluding hydrogens is 478 g/mol. The molecule has 0 radical (unpaired) electrons. The van der Waals surface area contributed by atoms with E-state index in [0.29, 0.717) is 32.9 Å². The van der Waals surface area contributed by atoms with Crippen molar-refractivity contribution in [2.24, 2.45) is 11.3 Å². The van der Waals surface area contributed by atoms with Crippen LogP contribution in [0, 0.1) is 32.3 Å². The molecule has 0 unspecified atom stereocenters. The molecule has 2 aliphatic rings. The highest BCUT2D eigenvalue weighted by molar-refractivity contribution is 14.1. The van der Waals surface area contributed by atoms with E-state index < -0.39 is 23.7 Å². The number of aromatic nitrogens is 4. The van der Waals surface area contributed by atoms with Crippen molar-refractivity contribution in [2.75, 3.05) is 5.32 Å². The van der Waals surface area contributed by atoms with Crippen LogP contribution in [0.5, 0.6) is 0 Å². The molecular formula is C18H14FIN6O2. The van der Waals surface area contributed by atoms with Crippen LogP contribution in [0.3, 0.4) is 0 Å². The van der Waals surface area contributed by atoms with Crippen molar-refractivity contribution in [1.29, 1.82) is 5.26 Å². The van der Waals surface area contributed by atoms with Crippen LogP contribution in [0.2, 0.25) is 0 Å². The molecule has 0 amide bonds. The molecule has 0 aliphatic heterocycles. The molecule has 10 heteroatoms. The predicted octanol–water partition coefficient (Wildman–Crippen LogP) is 2.12. The van der Waals surface area contributed by atoms with E-state index in [-0.39, 0.29) is 11.7 Å². The summed E-state index contributed by atoms with van der Waals surface area (Å²) in [6, 6.07) is 7.67. The van der Waals surface area contributed by atoms with Crippen molar-refractivity contribution >= 4 is 45.3 Å². The number of nitriles is 1. The lowest BCUT2D eigenvalue weighted by Crippen LogP contribution is -2.33. The molecule has 2 aliphatic carbocycles. The Bertz CT molecular complexity index is 1150. The van der Waals surface area contributed by atoms with Crippen molar-refractivity contribution in [3.8, 4) is 6.07 Å². The van der Waals surface area contributed by atoms with Crippen LogP contribution in [0.25, 0.3) is 11.2 Å². The number of aliphatic hydroxyl groups is 2. The summed E-state index contributed by atoms with van der Waals surface area (Å²) in [5.41, 5.74) is 0.563. The molecule has 2 aromatic heterocycles. The summed E-state index contributed by atoms with van der Waals surface area (Å²) < 4.78 is 15.7. The van der Waals surface area contributed by atoms with Crippen LogP contribution in [0.15, 0.2) is 30.6 Å². The molecule has 1 aromatic carbocycles. The fraction of sp³-hybridized carbons (Fsp3) is 0.333. The molecule has 8 nitrogen and oxygen atoms in total. The van der Waals surface area contributed by atoms with E-state index in [4.69, 9.17) is 0 Å². The van der Waals surface area contributed by atoms with Crippen molar-refractivity contribution in [3.63, 3.8) is 0 Å². The molecule has 5 rings (SSSR count). The average molecular weight is 492 g/mol. The van der Waals surface area contributed by atoms with E-state index in [1.807, 2.05) is 22.6 Å². The second-order valence-electron chi connectivity index (χ2n) is 7.19. The Labute approximate surface area is 172 Å². The fourth-order valence-electron chi connectivity index (χ4n) is 4.25. The molecule has 2 saturated carbocycles. The molecule has 3 aromatic rings. The maximum Gasteiger partial charge on any atom is 0.194 e. The number of halogens is 2. The third-order valence-electron chi connectivity index (χ3n) is 5.68.